The maximum Gasteiger partial charge on any atom is 0.437 e. The van der Waals surface area contributed by atoms with Gasteiger partial charge in [-0.2, -0.15) is 4.68 Å². The lowest BCUT2D eigenvalue weighted by molar-refractivity contribution is -0.127. The lowest BCUT2D eigenvalue weighted by Gasteiger charge is -2.32. The minimum absolute atomic E-state index is 0.0943. The molecule has 1 saturated heterocycles. The second kappa shape index (κ2) is 14.7. The van der Waals surface area contributed by atoms with Crippen LogP contribution in [0.3, 0.4) is 0 Å². The van der Waals surface area contributed by atoms with Gasteiger partial charge in [0.25, 0.3) is 11.8 Å². The normalized spacial score (nSPS) is 20.4. The summed E-state index contributed by atoms with van der Waals surface area (Å²) in [6, 6.07) is 6.35. The molecule has 0 bridgehead atoms. The smallest absolute Gasteiger partial charge is 0.384 e. The number of aromatic nitrogens is 2. The van der Waals surface area contributed by atoms with Gasteiger partial charge in [-0.25, -0.2) is 4.79 Å². The first-order chi connectivity index (χ1) is 20.1. The second-order valence-electron chi connectivity index (χ2n) is 12.4. The number of nitrogens with one attached hydrogen (secondary N) is 2. The Labute approximate surface area is 247 Å². The van der Waals surface area contributed by atoms with Gasteiger partial charge in [0.05, 0.1) is 31.7 Å². The maximum atomic E-state index is 13.6. The number of nitrogens with zero attached hydrogens (tertiary/aromatic N) is 3. The van der Waals surface area contributed by atoms with Gasteiger partial charge >= 0.3 is 5.76 Å². The predicted octanol–water partition coefficient (Wildman–Crippen LogP) is 3.03. The number of hydrogen-bond donors (Lipinski definition) is 2. The van der Waals surface area contributed by atoms with Gasteiger partial charge in [0.15, 0.2) is 0 Å². The lowest BCUT2D eigenvalue weighted by atomic mass is 9.83. The molecule has 0 radical (unpaired) electrons. The molecule has 1 aromatic carbocycles. The summed E-state index contributed by atoms with van der Waals surface area (Å²) in [6.45, 7) is 12.2. The topological polar surface area (TPSA) is 136 Å². The largest absolute Gasteiger partial charge is 0.437 e. The molecule has 0 spiro atoms. The quantitative estimate of drug-likeness (QED) is 0.364. The molecule has 11 nitrogen and oxygen atoms in total. The van der Waals surface area contributed by atoms with E-state index in [2.05, 4.69) is 20.6 Å². The molecule has 42 heavy (non-hydrogen) atoms. The van der Waals surface area contributed by atoms with Gasteiger partial charge < -0.3 is 19.8 Å². The summed E-state index contributed by atoms with van der Waals surface area (Å²) in [6.07, 6.45) is 3.41. The summed E-state index contributed by atoms with van der Waals surface area (Å²) in [5, 5.41) is 10.1. The van der Waals surface area contributed by atoms with E-state index < -0.39 is 23.5 Å². The van der Waals surface area contributed by atoms with E-state index in [4.69, 9.17) is 9.15 Å². The fraction of sp³-hybridized carbons (Fsp3) is 0.645. The molecule has 11 heteroatoms. The predicted molar refractivity (Wildman–Crippen MR) is 157 cm³/mol. The van der Waals surface area contributed by atoms with Gasteiger partial charge in [-0.15, -0.1) is 5.10 Å². The van der Waals surface area contributed by atoms with Crippen molar-refractivity contribution in [2.75, 3.05) is 26.3 Å². The minimum atomic E-state index is -0.889. The van der Waals surface area contributed by atoms with Gasteiger partial charge in [-0.05, 0) is 48.8 Å². The summed E-state index contributed by atoms with van der Waals surface area (Å²) in [5.74, 6) is -2.25. The van der Waals surface area contributed by atoms with Crippen molar-refractivity contribution in [3.63, 3.8) is 0 Å². The second-order valence-corrected chi connectivity index (χ2v) is 12.4. The monoisotopic (exact) mass is 583 g/mol. The van der Waals surface area contributed by atoms with E-state index >= 15 is 0 Å². The van der Waals surface area contributed by atoms with Crippen molar-refractivity contribution in [2.24, 2.45) is 17.8 Å². The molecule has 1 saturated carbocycles. The molecule has 3 atom stereocenters. The van der Waals surface area contributed by atoms with E-state index in [1.165, 1.54) is 0 Å². The van der Waals surface area contributed by atoms with E-state index in [9.17, 15) is 19.2 Å². The zero-order valence-electron chi connectivity index (χ0n) is 25.3. The Bertz CT molecular complexity index is 1260. The first kappa shape index (κ1) is 31.6. The van der Waals surface area contributed by atoms with Gasteiger partial charge in [0, 0.05) is 31.2 Å². The third-order valence-corrected chi connectivity index (χ3v) is 7.84. The molecule has 230 valence electrons. The van der Waals surface area contributed by atoms with Crippen molar-refractivity contribution in [3.05, 3.63) is 51.8 Å². The Hall–Kier alpha value is -3.31. The van der Waals surface area contributed by atoms with Crippen LogP contribution in [0.4, 0.5) is 0 Å². The molecule has 1 aromatic heterocycles. The number of benzene rings is 1. The van der Waals surface area contributed by atoms with Crippen molar-refractivity contribution in [1.29, 1.82) is 0 Å². The van der Waals surface area contributed by atoms with Crippen LogP contribution >= 0.6 is 0 Å². The molecule has 2 aliphatic rings. The van der Waals surface area contributed by atoms with Crippen molar-refractivity contribution >= 4 is 17.6 Å². The molecular formula is C31H45N5O6. The highest BCUT2D eigenvalue weighted by molar-refractivity contribution is 5.99. The van der Waals surface area contributed by atoms with Crippen LogP contribution in [0.25, 0.3) is 0 Å². The zero-order valence-corrected chi connectivity index (χ0v) is 25.3. The summed E-state index contributed by atoms with van der Waals surface area (Å²) in [7, 11) is 0. The number of ketones is 1. The molecule has 2 amide bonds. The summed E-state index contributed by atoms with van der Waals surface area (Å²) in [4.78, 5) is 54.6. The van der Waals surface area contributed by atoms with Crippen LogP contribution in [0, 0.1) is 17.8 Å². The Kier molecular flexibility index (Phi) is 11.1. The summed E-state index contributed by atoms with van der Waals surface area (Å²) < 4.78 is 11.7. The van der Waals surface area contributed by atoms with Crippen LogP contribution in [0.15, 0.2) is 33.5 Å². The van der Waals surface area contributed by atoms with E-state index in [1.807, 2.05) is 52.0 Å². The molecule has 2 N–H and O–H groups in total. The molecule has 0 unspecified atom stereocenters. The first-order valence-corrected chi connectivity index (χ1v) is 15.2. The molecule has 4 rings (SSSR count). The Morgan fingerprint density at radius 3 is 2.36 bits per heavy atom. The van der Waals surface area contributed by atoms with Gasteiger partial charge in [-0.1, -0.05) is 52.7 Å². The number of rotatable bonds is 12. The van der Waals surface area contributed by atoms with E-state index in [1.54, 1.807) is 0 Å². The van der Waals surface area contributed by atoms with Crippen molar-refractivity contribution < 1.29 is 23.5 Å². The average molecular weight is 584 g/mol. The van der Waals surface area contributed by atoms with Gasteiger partial charge in [0.1, 0.15) is 0 Å². The Morgan fingerprint density at radius 2 is 1.69 bits per heavy atom. The summed E-state index contributed by atoms with van der Waals surface area (Å²) in [5.41, 5.74) is 1.68. The fourth-order valence-corrected chi connectivity index (χ4v) is 5.65. The van der Waals surface area contributed by atoms with Crippen LogP contribution in [-0.2, 0) is 22.6 Å². The minimum Gasteiger partial charge on any atom is -0.384 e. The highest BCUT2D eigenvalue weighted by Crippen LogP contribution is 2.26. The zero-order chi connectivity index (χ0) is 30.2. The van der Waals surface area contributed by atoms with E-state index in [0.717, 1.165) is 55.9 Å². The summed E-state index contributed by atoms with van der Waals surface area (Å²) >= 11 is 0. The first-order valence-electron chi connectivity index (χ1n) is 15.2. The number of ether oxygens (including phenoxy) is 1. The number of Topliss-reactive ketones (excluding diaryl/α,β-unsaturated/α-hetero) is 1. The van der Waals surface area contributed by atoms with E-state index in [-0.39, 0.29) is 35.6 Å². The van der Waals surface area contributed by atoms with Gasteiger partial charge in [0.2, 0.25) is 11.7 Å². The number of carbonyl (C=O) groups is 3. The fourth-order valence-electron chi connectivity index (χ4n) is 5.65. The molecule has 2 aromatic rings. The third kappa shape index (κ3) is 8.61. The molecule has 1 aliphatic heterocycles. The molecular weight excluding hydrogens is 538 g/mol. The van der Waals surface area contributed by atoms with Crippen molar-refractivity contribution in [3.8, 4) is 0 Å². The Morgan fingerprint density at radius 1 is 1.00 bits per heavy atom. The standard InChI is InChI=1S/C31H45N5O6/c1-20(2)17-26(27(37)30-34-36(18-21(3)4)31(40)42-30)33-29(39)24-7-5-6-8-25(24)32-28(38)23-11-9-22(10-12-23)19-35-13-15-41-16-14-35/h9-12,20-21,24-26H,5-8,13-19H2,1-4H3,(H,32,38)(H,33,39)/t24-,25+,26+/m1/s1. The van der Waals surface area contributed by atoms with Crippen LogP contribution in [0.5, 0.6) is 0 Å². The van der Waals surface area contributed by atoms with Crippen LogP contribution in [-0.4, -0.2) is 70.7 Å². The SMILES string of the molecule is CC(C)C[C@H](NC(=O)[C@@H]1CCCC[C@@H]1NC(=O)c1ccc(CN2CCOCC2)cc1)C(=O)c1nn(CC(C)C)c(=O)o1. The highest BCUT2D eigenvalue weighted by Gasteiger charge is 2.36. The maximum absolute atomic E-state index is 13.6. The number of amides is 2. The molecule has 2 heterocycles. The highest BCUT2D eigenvalue weighted by atomic mass is 16.5. The number of morpholine rings is 1. The van der Waals surface area contributed by atoms with Crippen LogP contribution < -0.4 is 16.4 Å². The third-order valence-electron chi connectivity index (χ3n) is 7.84. The van der Waals surface area contributed by atoms with E-state index in [0.29, 0.717) is 31.4 Å². The van der Waals surface area contributed by atoms with Crippen LogP contribution in [0.1, 0.15) is 86.4 Å². The van der Waals surface area contributed by atoms with Gasteiger partial charge in [-0.3, -0.25) is 19.3 Å². The lowest BCUT2D eigenvalue weighted by Crippen LogP contribution is -2.52. The number of hydrogen-bond acceptors (Lipinski definition) is 8. The van der Waals surface area contributed by atoms with Crippen LogP contribution in [0.2, 0.25) is 0 Å². The van der Waals surface area contributed by atoms with Crippen molar-refractivity contribution in [2.45, 2.75) is 85.0 Å². The van der Waals surface area contributed by atoms with Crippen molar-refractivity contribution in [1.82, 2.24) is 25.3 Å². The Balaban J connectivity index is 1.40. The number of carbonyl (C=O) groups excluding carboxylic acids is 3. The molecule has 1 aliphatic carbocycles. The molecule has 2 fully saturated rings. The average Bonchev–Trinajstić information content (AvgIpc) is 3.32.